The van der Waals surface area contributed by atoms with Crippen LogP contribution >= 0.6 is 0 Å². The molecule has 1 aromatic carbocycles. The van der Waals surface area contributed by atoms with Crippen LogP contribution in [-0.2, 0) is 0 Å². The van der Waals surface area contributed by atoms with Crippen molar-refractivity contribution in [1.82, 2.24) is 4.90 Å². The van der Waals surface area contributed by atoms with Crippen molar-refractivity contribution in [2.24, 2.45) is 0 Å². The Kier molecular flexibility index (Phi) is 6.18. The number of benzene rings is 1. The topological polar surface area (TPSA) is 50.5 Å². The van der Waals surface area contributed by atoms with Gasteiger partial charge in [0, 0.05) is 36.1 Å². The lowest BCUT2D eigenvalue weighted by atomic mass is 10.1. The maximum atomic E-state index is 5.96. The average molecular weight is 291 g/mol. The van der Waals surface area contributed by atoms with Crippen LogP contribution in [0.1, 0.15) is 39.5 Å². The van der Waals surface area contributed by atoms with E-state index in [0.717, 1.165) is 36.7 Å². The first-order valence-electron chi connectivity index (χ1n) is 8.19. The van der Waals surface area contributed by atoms with Gasteiger partial charge in [0.2, 0.25) is 0 Å². The highest BCUT2D eigenvalue weighted by Gasteiger charge is 2.13. The van der Waals surface area contributed by atoms with Gasteiger partial charge in [-0.05, 0) is 45.3 Å². The lowest BCUT2D eigenvalue weighted by molar-refractivity contribution is 0.223. The van der Waals surface area contributed by atoms with E-state index in [1.165, 1.54) is 32.4 Å². The molecule has 2 rings (SSSR count). The van der Waals surface area contributed by atoms with E-state index in [1.807, 2.05) is 18.2 Å². The Balaban J connectivity index is 1.89. The van der Waals surface area contributed by atoms with Gasteiger partial charge in [-0.25, -0.2) is 0 Å². The Morgan fingerprint density at radius 3 is 2.71 bits per heavy atom. The van der Waals surface area contributed by atoms with Gasteiger partial charge in [-0.3, -0.25) is 0 Å². The second-order valence-corrected chi connectivity index (χ2v) is 6.05. The third-order valence-electron chi connectivity index (χ3n) is 3.80. The molecule has 1 aromatic rings. The van der Waals surface area contributed by atoms with E-state index in [4.69, 9.17) is 10.5 Å². The molecule has 0 aliphatic carbocycles. The number of hydrogen-bond acceptors (Lipinski definition) is 4. The molecule has 0 spiro atoms. The molecule has 0 radical (unpaired) electrons. The summed E-state index contributed by atoms with van der Waals surface area (Å²) in [4.78, 5) is 2.54. The molecular weight excluding hydrogens is 262 g/mol. The molecule has 3 N–H and O–H groups in total. The summed E-state index contributed by atoms with van der Waals surface area (Å²) in [5, 5.41) is 3.55. The van der Waals surface area contributed by atoms with Crippen molar-refractivity contribution < 1.29 is 4.74 Å². The zero-order valence-electron chi connectivity index (χ0n) is 13.4. The Morgan fingerprint density at radius 2 is 2.00 bits per heavy atom. The van der Waals surface area contributed by atoms with E-state index in [0.29, 0.717) is 6.04 Å². The minimum atomic E-state index is 0.406. The van der Waals surface area contributed by atoms with Crippen LogP contribution in [0.5, 0.6) is 5.75 Å². The first-order valence-corrected chi connectivity index (χ1v) is 8.19. The normalized spacial score (nSPS) is 17.4. The van der Waals surface area contributed by atoms with Gasteiger partial charge in [0.05, 0.1) is 6.61 Å². The number of hydrogen-bond donors (Lipinski definition) is 2. The highest BCUT2D eigenvalue weighted by molar-refractivity contribution is 5.59. The molecule has 1 atom stereocenters. The second-order valence-electron chi connectivity index (χ2n) is 6.05. The Labute approximate surface area is 128 Å². The Bertz CT molecular complexity index is 430. The van der Waals surface area contributed by atoms with E-state index in [-0.39, 0.29) is 0 Å². The summed E-state index contributed by atoms with van der Waals surface area (Å²) >= 11 is 0. The van der Waals surface area contributed by atoms with Gasteiger partial charge in [-0.2, -0.15) is 0 Å². The van der Waals surface area contributed by atoms with Crippen LogP contribution in [0.3, 0.4) is 0 Å². The summed E-state index contributed by atoms with van der Waals surface area (Å²) in [5.41, 5.74) is 7.75. The van der Waals surface area contributed by atoms with Crippen molar-refractivity contribution in [3.8, 4) is 5.75 Å². The van der Waals surface area contributed by atoms with E-state index in [1.54, 1.807) is 0 Å². The minimum absolute atomic E-state index is 0.406. The third-order valence-corrected chi connectivity index (χ3v) is 3.80. The number of anilines is 2. The molecule has 1 aliphatic heterocycles. The van der Waals surface area contributed by atoms with Gasteiger partial charge in [0.25, 0.3) is 0 Å². The largest absolute Gasteiger partial charge is 0.493 e. The fourth-order valence-electron chi connectivity index (χ4n) is 2.87. The molecule has 0 aromatic heterocycles. The summed E-state index contributed by atoms with van der Waals surface area (Å²) < 4.78 is 5.68. The lowest BCUT2D eigenvalue weighted by Crippen LogP contribution is -2.38. The van der Waals surface area contributed by atoms with Crippen LogP contribution < -0.4 is 15.8 Å². The number of likely N-dealkylation sites (tertiary alicyclic amines) is 1. The summed E-state index contributed by atoms with van der Waals surface area (Å²) in [6.07, 6.45) is 5.05. The molecule has 1 fully saturated rings. The quantitative estimate of drug-likeness (QED) is 0.757. The van der Waals surface area contributed by atoms with Crippen molar-refractivity contribution in [1.29, 1.82) is 0 Å². The van der Waals surface area contributed by atoms with Crippen LogP contribution in [0.15, 0.2) is 18.2 Å². The minimum Gasteiger partial charge on any atom is -0.493 e. The molecule has 0 bridgehead atoms. The highest BCUT2D eigenvalue weighted by atomic mass is 16.5. The fraction of sp³-hybridized carbons (Fsp3) is 0.647. The first-order chi connectivity index (χ1) is 10.2. The maximum absolute atomic E-state index is 5.96. The summed E-state index contributed by atoms with van der Waals surface area (Å²) in [6, 6.07) is 6.31. The molecule has 1 heterocycles. The predicted molar refractivity (Wildman–Crippen MR) is 90.0 cm³/mol. The fourth-order valence-corrected chi connectivity index (χ4v) is 2.87. The van der Waals surface area contributed by atoms with E-state index >= 15 is 0 Å². The molecule has 1 unspecified atom stereocenters. The van der Waals surface area contributed by atoms with Crippen LogP contribution in [0.2, 0.25) is 0 Å². The number of nitrogens with one attached hydrogen (secondary N) is 1. The lowest BCUT2D eigenvalue weighted by Gasteiger charge is -2.29. The first kappa shape index (κ1) is 16.0. The smallest absolute Gasteiger partial charge is 0.123 e. The monoisotopic (exact) mass is 291 g/mol. The van der Waals surface area contributed by atoms with Crippen LogP contribution in [-0.4, -0.2) is 37.2 Å². The van der Waals surface area contributed by atoms with Crippen LogP contribution in [0.4, 0.5) is 11.4 Å². The van der Waals surface area contributed by atoms with Gasteiger partial charge in [-0.1, -0.05) is 13.3 Å². The molecule has 118 valence electrons. The maximum Gasteiger partial charge on any atom is 0.123 e. The SMILES string of the molecule is CCCOc1cc(N)cc(NC(C)CN2CCCCC2)c1. The number of ether oxygens (including phenoxy) is 1. The number of nitrogen functional groups attached to an aromatic ring is 1. The average Bonchev–Trinajstić information content (AvgIpc) is 2.45. The molecule has 1 aliphatic rings. The molecule has 21 heavy (non-hydrogen) atoms. The summed E-state index contributed by atoms with van der Waals surface area (Å²) in [7, 11) is 0. The van der Waals surface area contributed by atoms with Gasteiger partial charge in [0.15, 0.2) is 0 Å². The van der Waals surface area contributed by atoms with Crippen LogP contribution in [0.25, 0.3) is 0 Å². The zero-order chi connectivity index (χ0) is 15.1. The standard InChI is InChI=1S/C17H29N3O/c1-3-9-21-17-11-15(18)10-16(12-17)19-14(2)13-20-7-5-4-6-8-20/h10-12,14,19H,3-9,13,18H2,1-2H3. The molecule has 1 saturated heterocycles. The van der Waals surface area contributed by atoms with E-state index in [2.05, 4.69) is 24.1 Å². The zero-order valence-corrected chi connectivity index (χ0v) is 13.4. The van der Waals surface area contributed by atoms with Crippen LogP contribution in [0, 0.1) is 0 Å². The van der Waals surface area contributed by atoms with Crippen molar-refractivity contribution >= 4 is 11.4 Å². The van der Waals surface area contributed by atoms with Gasteiger partial charge >= 0.3 is 0 Å². The van der Waals surface area contributed by atoms with Crippen molar-refractivity contribution in [2.75, 3.05) is 37.3 Å². The van der Waals surface area contributed by atoms with Crippen molar-refractivity contribution in [3.63, 3.8) is 0 Å². The van der Waals surface area contributed by atoms with E-state index < -0.39 is 0 Å². The number of piperidine rings is 1. The number of nitrogens with zero attached hydrogens (tertiary/aromatic N) is 1. The predicted octanol–water partition coefficient (Wildman–Crippen LogP) is 3.34. The molecular formula is C17H29N3O. The van der Waals surface area contributed by atoms with Gasteiger partial charge < -0.3 is 20.7 Å². The molecule has 4 heteroatoms. The highest BCUT2D eigenvalue weighted by Crippen LogP contribution is 2.23. The van der Waals surface area contributed by atoms with Gasteiger partial charge in [0.1, 0.15) is 5.75 Å². The third kappa shape index (κ3) is 5.46. The molecule has 4 nitrogen and oxygen atoms in total. The van der Waals surface area contributed by atoms with Crippen molar-refractivity contribution in [2.45, 2.75) is 45.6 Å². The summed E-state index contributed by atoms with van der Waals surface area (Å²) in [5.74, 6) is 0.851. The Hall–Kier alpha value is -1.42. The second kappa shape index (κ2) is 8.13. The number of nitrogens with two attached hydrogens (primary N) is 1. The molecule has 0 saturated carbocycles. The number of rotatable bonds is 7. The molecule has 0 amide bonds. The van der Waals surface area contributed by atoms with Crippen molar-refractivity contribution in [3.05, 3.63) is 18.2 Å². The van der Waals surface area contributed by atoms with E-state index in [9.17, 15) is 0 Å². The Morgan fingerprint density at radius 1 is 1.24 bits per heavy atom. The van der Waals surface area contributed by atoms with Gasteiger partial charge in [-0.15, -0.1) is 0 Å². The summed E-state index contributed by atoms with van der Waals surface area (Å²) in [6.45, 7) is 8.60.